The van der Waals surface area contributed by atoms with Gasteiger partial charge in [-0.05, 0) is 46.6 Å². The molecule has 3 rings (SSSR count). The van der Waals surface area contributed by atoms with Crippen molar-refractivity contribution in [1.82, 2.24) is 14.8 Å². The maximum Gasteiger partial charge on any atom is 0.269 e. The normalized spacial score (nSPS) is 14.8. The standard InChI is InChI=1S/C11H11BrN4OS/c1-6-4-18-9(8(6)12)10(17)14-11-15-13-5-16(11)7-2-3-7/h4-5,7H,2-3H2,1H3,(H,14,15,17). The highest BCUT2D eigenvalue weighted by Crippen LogP contribution is 2.36. The lowest BCUT2D eigenvalue weighted by Gasteiger charge is -2.05. The van der Waals surface area contributed by atoms with Crippen molar-refractivity contribution in [2.75, 3.05) is 5.32 Å². The molecular formula is C11H11BrN4OS. The number of aryl methyl sites for hydroxylation is 1. The van der Waals surface area contributed by atoms with Crippen LogP contribution in [0.1, 0.15) is 34.1 Å². The molecule has 1 saturated carbocycles. The van der Waals surface area contributed by atoms with Gasteiger partial charge in [0.1, 0.15) is 11.2 Å². The Balaban J connectivity index is 1.82. The molecule has 1 aliphatic rings. The smallest absolute Gasteiger partial charge is 0.269 e. The van der Waals surface area contributed by atoms with Gasteiger partial charge in [-0.25, -0.2) is 0 Å². The Morgan fingerprint density at radius 1 is 1.61 bits per heavy atom. The van der Waals surface area contributed by atoms with Crippen molar-refractivity contribution in [3.8, 4) is 0 Å². The molecule has 0 spiro atoms. The van der Waals surface area contributed by atoms with E-state index in [1.54, 1.807) is 6.33 Å². The molecular weight excluding hydrogens is 316 g/mol. The first-order valence-electron chi connectivity index (χ1n) is 5.61. The fraction of sp³-hybridized carbons (Fsp3) is 0.364. The second kappa shape index (κ2) is 4.47. The van der Waals surface area contributed by atoms with Crippen LogP contribution in [0.3, 0.4) is 0 Å². The fourth-order valence-electron chi connectivity index (χ4n) is 1.69. The van der Waals surface area contributed by atoms with E-state index in [1.807, 2.05) is 16.9 Å². The van der Waals surface area contributed by atoms with Crippen molar-refractivity contribution >= 4 is 39.1 Å². The van der Waals surface area contributed by atoms with E-state index in [0.29, 0.717) is 16.9 Å². The van der Waals surface area contributed by atoms with Gasteiger partial charge in [0.05, 0.1) is 0 Å². The quantitative estimate of drug-likeness (QED) is 0.943. The SMILES string of the molecule is Cc1csc(C(=O)Nc2nncn2C2CC2)c1Br. The van der Waals surface area contributed by atoms with Gasteiger partial charge in [0.2, 0.25) is 5.95 Å². The van der Waals surface area contributed by atoms with E-state index in [9.17, 15) is 4.79 Å². The molecule has 0 aliphatic heterocycles. The van der Waals surface area contributed by atoms with Gasteiger partial charge in [-0.15, -0.1) is 21.5 Å². The number of halogens is 1. The van der Waals surface area contributed by atoms with Crippen LogP contribution in [0.2, 0.25) is 0 Å². The van der Waals surface area contributed by atoms with Crippen molar-refractivity contribution in [3.63, 3.8) is 0 Å². The Bertz CT molecular complexity index is 602. The number of carbonyl (C=O) groups excluding carboxylic acids is 1. The van der Waals surface area contributed by atoms with Crippen LogP contribution < -0.4 is 5.32 Å². The first-order chi connectivity index (χ1) is 8.66. The second-order valence-corrected chi connectivity index (χ2v) is 5.98. The molecule has 2 heterocycles. The molecule has 2 aromatic rings. The maximum absolute atomic E-state index is 12.1. The Hall–Kier alpha value is -1.21. The highest BCUT2D eigenvalue weighted by atomic mass is 79.9. The highest BCUT2D eigenvalue weighted by Gasteiger charge is 2.27. The molecule has 0 bridgehead atoms. The van der Waals surface area contributed by atoms with Crippen molar-refractivity contribution in [3.05, 3.63) is 26.6 Å². The van der Waals surface area contributed by atoms with Crippen molar-refractivity contribution < 1.29 is 4.79 Å². The Morgan fingerprint density at radius 3 is 3.00 bits per heavy atom. The summed E-state index contributed by atoms with van der Waals surface area (Å²) < 4.78 is 2.77. The van der Waals surface area contributed by atoms with Crippen LogP contribution >= 0.6 is 27.3 Å². The van der Waals surface area contributed by atoms with Crippen LogP contribution in [0.5, 0.6) is 0 Å². The first-order valence-corrected chi connectivity index (χ1v) is 7.28. The third-order valence-corrected chi connectivity index (χ3v) is 5.23. The van der Waals surface area contributed by atoms with Crippen LogP contribution in [-0.2, 0) is 0 Å². The molecule has 5 nitrogen and oxygen atoms in total. The van der Waals surface area contributed by atoms with Gasteiger partial charge in [-0.1, -0.05) is 0 Å². The van der Waals surface area contributed by atoms with E-state index in [-0.39, 0.29) is 5.91 Å². The zero-order valence-electron chi connectivity index (χ0n) is 9.68. The molecule has 18 heavy (non-hydrogen) atoms. The van der Waals surface area contributed by atoms with Crippen LogP contribution in [0, 0.1) is 6.92 Å². The van der Waals surface area contributed by atoms with Gasteiger partial charge < -0.3 is 0 Å². The summed E-state index contributed by atoms with van der Waals surface area (Å²) in [7, 11) is 0. The maximum atomic E-state index is 12.1. The predicted octanol–water partition coefficient (Wildman–Crippen LogP) is 3.00. The Morgan fingerprint density at radius 2 is 2.39 bits per heavy atom. The molecule has 94 valence electrons. The predicted molar refractivity (Wildman–Crippen MR) is 73.0 cm³/mol. The zero-order chi connectivity index (χ0) is 12.7. The number of thiophene rings is 1. The van der Waals surface area contributed by atoms with E-state index in [4.69, 9.17) is 0 Å². The molecule has 0 radical (unpaired) electrons. The molecule has 1 amide bonds. The van der Waals surface area contributed by atoms with Crippen LogP contribution in [0.15, 0.2) is 16.2 Å². The topological polar surface area (TPSA) is 59.8 Å². The molecule has 1 aliphatic carbocycles. The minimum absolute atomic E-state index is 0.144. The third-order valence-electron chi connectivity index (χ3n) is 2.84. The highest BCUT2D eigenvalue weighted by molar-refractivity contribution is 9.10. The molecule has 1 N–H and O–H groups in total. The monoisotopic (exact) mass is 326 g/mol. The van der Waals surface area contributed by atoms with E-state index >= 15 is 0 Å². The Labute approximate surface area is 116 Å². The summed E-state index contributed by atoms with van der Waals surface area (Å²) >= 11 is 4.84. The minimum atomic E-state index is -0.144. The van der Waals surface area contributed by atoms with Gasteiger partial charge in [0.25, 0.3) is 5.91 Å². The molecule has 0 atom stereocenters. The molecule has 7 heteroatoms. The number of nitrogens with one attached hydrogen (secondary N) is 1. The van der Waals surface area contributed by atoms with E-state index in [0.717, 1.165) is 22.9 Å². The summed E-state index contributed by atoms with van der Waals surface area (Å²) in [5, 5.41) is 12.6. The lowest BCUT2D eigenvalue weighted by molar-refractivity contribution is 0.102. The molecule has 0 unspecified atom stereocenters. The lowest BCUT2D eigenvalue weighted by Crippen LogP contribution is -2.14. The van der Waals surface area contributed by atoms with E-state index in [2.05, 4.69) is 31.4 Å². The first kappa shape index (κ1) is 11.9. The van der Waals surface area contributed by atoms with E-state index < -0.39 is 0 Å². The summed E-state index contributed by atoms with van der Waals surface area (Å²) in [5.41, 5.74) is 1.06. The van der Waals surface area contributed by atoms with Crippen LogP contribution in [-0.4, -0.2) is 20.7 Å². The molecule has 1 fully saturated rings. The summed E-state index contributed by atoms with van der Waals surface area (Å²) in [6.45, 7) is 1.96. The largest absolute Gasteiger partial charge is 0.297 e. The molecule has 0 aromatic carbocycles. The summed E-state index contributed by atoms with van der Waals surface area (Å²) in [4.78, 5) is 12.8. The number of hydrogen-bond acceptors (Lipinski definition) is 4. The number of amides is 1. The number of nitrogens with zero attached hydrogens (tertiary/aromatic N) is 3. The second-order valence-electron chi connectivity index (χ2n) is 4.31. The van der Waals surface area contributed by atoms with Crippen molar-refractivity contribution in [2.24, 2.45) is 0 Å². The summed E-state index contributed by atoms with van der Waals surface area (Å²) in [5.74, 6) is 0.385. The fourth-order valence-corrected chi connectivity index (χ4v) is 3.25. The summed E-state index contributed by atoms with van der Waals surface area (Å²) in [6.07, 6.45) is 3.92. The number of aromatic nitrogens is 3. The average molecular weight is 327 g/mol. The van der Waals surface area contributed by atoms with E-state index in [1.165, 1.54) is 11.3 Å². The number of anilines is 1. The van der Waals surface area contributed by atoms with Gasteiger partial charge in [-0.3, -0.25) is 14.7 Å². The Kier molecular flexibility index (Phi) is 2.95. The lowest BCUT2D eigenvalue weighted by atomic mass is 10.3. The molecule has 2 aromatic heterocycles. The number of hydrogen-bond donors (Lipinski definition) is 1. The van der Waals surface area contributed by atoms with Crippen molar-refractivity contribution in [2.45, 2.75) is 25.8 Å². The van der Waals surface area contributed by atoms with Crippen molar-refractivity contribution in [1.29, 1.82) is 0 Å². The number of carbonyl (C=O) groups is 1. The van der Waals surface area contributed by atoms with Gasteiger partial charge in [-0.2, -0.15) is 0 Å². The third kappa shape index (κ3) is 2.08. The van der Waals surface area contributed by atoms with Crippen LogP contribution in [0.25, 0.3) is 0 Å². The average Bonchev–Trinajstić information content (AvgIpc) is 3.01. The number of rotatable bonds is 3. The summed E-state index contributed by atoms with van der Waals surface area (Å²) in [6, 6.07) is 0.448. The van der Waals surface area contributed by atoms with Gasteiger partial charge >= 0.3 is 0 Å². The van der Waals surface area contributed by atoms with Gasteiger partial charge in [0, 0.05) is 10.5 Å². The zero-order valence-corrected chi connectivity index (χ0v) is 12.1. The minimum Gasteiger partial charge on any atom is -0.297 e. The molecule has 0 saturated heterocycles. The van der Waals surface area contributed by atoms with Gasteiger partial charge in [0.15, 0.2) is 0 Å². The van der Waals surface area contributed by atoms with Crippen LogP contribution in [0.4, 0.5) is 5.95 Å².